The van der Waals surface area contributed by atoms with Gasteiger partial charge in [0.25, 0.3) is 5.91 Å². The van der Waals surface area contributed by atoms with E-state index < -0.39 is 0 Å². The van der Waals surface area contributed by atoms with Crippen LogP contribution < -0.4 is 14.8 Å². The van der Waals surface area contributed by atoms with Gasteiger partial charge in [0.2, 0.25) is 5.13 Å². The number of amides is 1. The normalized spacial score (nSPS) is 11.5. The SMILES string of the molecule is COc1cccc(OC)c1C(=O)Nc1nnc(C(C)(C)C(C)C)s1. The van der Waals surface area contributed by atoms with Gasteiger partial charge in [-0.1, -0.05) is 45.1 Å². The maximum absolute atomic E-state index is 12.6. The lowest BCUT2D eigenvalue weighted by Crippen LogP contribution is -2.24. The summed E-state index contributed by atoms with van der Waals surface area (Å²) in [5.74, 6) is 0.955. The fourth-order valence-corrected chi connectivity index (χ4v) is 3.00. The second-order valence-electron chi connectivity index (χ2n) is 6.28. The molecule has 7 heteroatoms. The topological polar surface area (TPSA) is 73.3 Å². The highest BCUT2D eigenvalue weighted by atomic mass is 32.1. The van der Waals surface area contributed by atoms with E-state index >= 15 is 0 Å². The summed E-state index contributed by atoms with van der Waals surface area (Å²) in [6.45, 7) is 8.51. The van der Waals surface area contributed by atoms with Crippen molar-refractivity contribution in [2.75, 3.05) is 19.5 Å². The van der Waals surface area contributed by atoms with Crippen molar-refractivity contribution in [1.29, 1.82) is 0 Å². The first-order valence-electron chi connectivity index (χ1n) is 7.67. The Morgan fingerprint density at radius 1 is 1.17 bits per heavy atom. The van der Waals surface area contributed by atoms with Crippen LogP contribution in [0.15, 0.2) is 18.2 Å². The van der Waals surface area contributed by atoms with E-state index in [9.17, 15) is 4.79 Å². The Hall–Kier alpha value is -2.15. The highest BCUT2D eigenvalue weighted by molar-refractivity contribution is 7.15. The molecule has 1 aromatic heterocycles. The molecular weight excluding hydrogens is 326 g/mol. The summed E-state index contributed by atoms with van der Waals surface area (Å²) >= 11 is 1.38. The Morgan fingerprint density at radius 2 is 1.75 bits per heavy atom. The summed E-state index contributed by atoms with van der Waals surface area (Å²) in [6, 6.07) is 5.19. The van der Waals surface area contributed by atoms with E-state index in [1.54, 1.807) is 18.2 Å². The molecule has 0 aliphatic carbocycles. The highest BCUT2D eigenvalue weighted by Gasteiger charge is 2.29. The summed E-state index contributed by atoms with van der Waals surface area (Å²) in [5, 5.41) is 12.5. The van der Waals surface area contributed by atoms with Crippen LogP contribution in [0.4, 0.5) is 5.13 Å². The first-order chi connectivity index (χ1) is 11.3. The predicted molar refractivity (Wildman–Crippen MR) is 95.3 cm³/mol. The minimum Gasteiger partial charge on any atom is -0.496 e. The summed E-state index contributed by atoms with van der Waals surface area (Å²) < 4.78 is 10.5. The molecule has 2 rings (SSSR count). The van der Waals surface area contributed by atoms with Crippen molar-refractivity contribution in [2.45, 2.75) is 33.1 Å². The zero-order chi connectivity index (χ0) is 17.9. The molecule has 1 heterocycles. The van der Waals surface area contributed by atoms with Crippen molar-refractivity contribution in [2.24, 2.45) is 5.92 Å². The molecule has 0 fully saturated rings. The van der Waals surface area contributed by atoms with Crippen LogP contribution >= 0.6 is 11.3 Å². The van der Waals surface area contributed by atoms with Crippen molar-refractivity contribution in [1.82, 2.24) is 10.2 Å². The van der Waals surface area contributed by atoms with E-state index in [1.165, 1.54) is 25.6 Å². The summed E-state index contributed by atoms with van der Waals surface area (Å²) in [5.41, 5.74) is 0.227. The Bertz CT molecular complexity index is 703. The van der Waals surface area contributed by atoms with Crippen LogP contribution in [0.1, 0.15) is 43.1 Å². The quantitative estimate of drug-likeness (QED) is 0.860. The molecule has 1 N–H and O–H groups in total. The molecule has 0 radical (unpaired) electrons. The molecule has 24 heavy (non-hydrogen) atoms. The van der Waals surface area contributed by atoms with Gasteiger partial charge in [0.15, 0.2) is 0 Å². The number of hydrogen-bond donors (Lipinski definition) is 1. The smallest absolute Gasteiger partial charge is 0.265 e. The second kappa shape index (κ2) is 7.17. The largest absolute Gasteiger partial charge is 0.496 e. The van der Waals surface area contributed by atoms with Crippen LogP contribution in [0.5, 0.6) is 11.5 Å². The molecule has 0 saturated carbocycles. The number of carbonyl (C=O) groups is 1. The third-order valence-electron chi connectivity index (χ3n) is 4.29. The number of aromatic nitrogens is 2. The lowest BCUT2D eigenvalue weighted by molar-refractivity contribution is 0.102. The van der Waals surface area contributed by atoms with Gasteiger partial charge in [0.1, 0.15) is 22.1 Å². The van der Waals surface area contributed by atoms with E-state index in [1.807, 2.05) is 0 Å². The standard InChI is InChI=1S/C17H23N3O3S/c1-10(2)17(3,4)15-19-20-16(24-15)18-14(21)13-11(22-5)8-7-9-12(13)23-6/h7-10H,1-6H3,(H,18,20,21). The minimum absolute atomic E-state index is 0.108. The van der Waals surface area contributed by atoms with Gasteiger partial charge in [-0.3, -0.25) is 10.1 Å². The van der Waals surface area contributed by atoms with Crippen molar-refractivity contribution < 1.29 is 14.3 Å². The molecule has 0 atom stereocenters. The van der Waals surface area contributed by atoms with Gasteiger partial charge in [-0.05, 0) is 18.1 Å². The first kappa shape index (κ1) is 18.2. The number of nitrogens with one attached hydrogen (secondary N) is 1. The van der Waals surface area contributed by atoms with Gasteiger partial charge >= 0.3 is 0 Å². The van der Waals surface area contributed by atoms with Crippen molar-refractivity contribution in [3.8, 4) is 11.5 Å². The van der Waals surface area contributed by atoms with Gasteiger partial charge in [-0.2, -0.15) is 0 Å². The number of benzene rings is 1. The van der Waals surface area contributed by atoms with Gasteiger partial charge in [0, 0.05) is 5.41 Å². The Morgan fingerprint density at radius 3 is 2.25 bits per heavy atom. The first-order valence-corrected chi connectivity index (χ1v) is 8.49. The summed E-state index contributed by atoms with van der Waals surface area (Å²) in [6.07, 6.45) is 0. The van der Waals surface area contributed by atoms with Crippen LogP contribution in [-0.2, 0) is 5.41 Å². The Balaban J connectivity index is 2.27. The van der Waals surface area contributed by atoms with E-state index in [4.69, 9.17) is 9.47 Å². The summed E-state index contributed by atoms with van der Waals surface area (Å²) in [4.78, 5) is 12.6. The third kappa shape index (κ3) is 3.51. The molecule has 0 bridgehead atoms. The lowest BCUT2D eigenvalue weighted by Gasteiger charge is -2.25. The van der Waals surface area contributed by atoms with Gasteiger partial charge in [-0.25, -0.2) is 0 Å². The zero-order valence-electron chi connectivity index (χ0n) is 14.8. The maximum atomic E-state index is 12.6. The van der Waals surface area contributed by atoms with Gasteiger partial charge in [-0.15, -0.1) is 10.2 Å². The molecule has 6 nitrogen and oxygen atoms in total. The predicted octanol–water partition coefficient (Wildman–Crippen LogP) is 3.74. The number of methoxy groups -OCH3 is 2. The molecule has 0 unspecified atom stereocenters. The molecule has 2 aromatic rings. The number of nitrogens with zero attached hydrogens (tertiary/aromatic N) is 2. The molecule has 1 amide bonds. The van der Waals surface area contributed by atoms with Crippen LogP contribution in [0.25, 0.3) is 0 Å². The monoisotopic (exact) mass is 349 g/mol. The molecule has 1 aromatic carbocycles. The fourth-order valence-electron chi connectivity index (χ4n) is 2.02. The minimum atomic E-state index is -0.339. The van der Waals surface area contributed by atoms with E-state index in [0.29, 0.717) is 28.1 Å². The Kier molecular flexibility index (Phi) is 5.43. The lowest BCUT2D eigenvalue weighted by atomic mass is 9.82. The third-order valence-corrected chi connectivity index (χ3v) is 5.47. The number of hydrogen-bond acceptors (Lipinski definition) is 6. The number of anilines is 1. The summed E-state index contributed by atoms with van der Waals surface area (Å²) in [7, 11) is 3.03. The number of rotatable bonds is 6. The van der Waals surface area contributed by atoms with Gasteiger partial charge < -0.3 is 9.47 Å². The van der Waals surface area contributed by atoms with E-state index in [2.05, 4.69) is 43.2 Å². The van der Waals surface area contributed by atoms with E-state index in [-0.39, 0.29) is 11.3 Å². The molecule has 0 spiro atoms. The fraction of sp³-hybridized carbons (Fsp3) is 0.471. The van der Waals surface area contributed by atoms with Crippen LogP contribution in [0.2, 0.25) is 0 Å². The van der Waals surface area contributed by atoms with Crippen molar-refractivity contribution >= 4 is 22.4 Å². The number of ether oxygens (including phenoxy) is 2. The highest BCUT2D eigenvalue weighted by Crippen LogP contribution is 2.35. The molecule has 0 saturated heterocycles. The maximum Gasteiger partial charge on any atom is 0.265 e. The zero-order valence-corrected chi connectivity index (χ0v) is 15.7. The molecule has 130 valence electrons. The van der Waals surface area contributed by atoms with Gasteiger partial charge in [0.05, 0.1) is 14.2 Å². The average molecular weight is 349 g/mol. The van der Waals surface area contributed by atoms with Crippen molar-refractivity contribution in [3.63, 3.8) is 0 Å². The average Bonchev–Trinajstić information content (AvgIpc) is 3.02. The van der Waals surface area contributed by atoms with Crippen LogP contribution in [-0.4, -0.2) is 30.3 Å². The van der Waals surface area contributed by atoms with Crippen LogP contribution in [0.3, 0.4) is 0 Å². The van der Waals surface area contributed by atoms with E-state index in [0.717, 1.165) is 5.01 Å². The second-order valence-corrected chi connectivity index (χ2v) is 7.26. The van der Waals surface area contributed by atoms with Crippen LogP contribution in [0, 0.1) is 5.92 Å². The molecular formula is C17H23N3O3S. The number of carbonyl (C=O) groups excluding carboxylic acids is 1. The Labute approximate surface area is 146 Å². The molecule has 0 aliphatic heterocycles. The van der Waals surface area contributed by atoms with Crippen molar-refractivity contribution in [3.05, 3.63) is 28.8 Å². The molecule has 0 aliphatic rings.